The third kappa shape index (κ3) is 9.86. The van der Waals surface area contributed by atoms with Gasteiger partial charge in [-0.1, -0.05) is 80.1 Å². The van der Waals surface area contributed by atoms with E-state index in [1.807, 2.05) is 14.1 Å². The van der Waals surface area contributed by atoms with Crippen molar-refractivity contribution in [2.45, 2.75) is 201 Å². The van der Waals surface area contributed by atoms with Gasteiger partial charge in [-0.2, -0.15) is 0 Å². The van der Waals surface area contributed by atoms with Crippen molar-refractivity contribution < 1.29 is 28.6 Å². The smallest absolute Gasteiger partial charge is 0.306 e. The highest BCUT2D eigenvalue weighted by atomic mass is 16.6. The van der Waals surface area contributed by atoms with E-state index in [-0.39, 0.29) is 57.9 Å². The molecule has 0 saturated heterocycles. The first-order valence-corrected chi connectivity index (χ1v) is 20.8. The van der Waals surface area contributed by atoms with Crippen LogP contribution in [0.4, 0.5) is 0 Å². The zero-order valence-corrected chi connectivity index (χ0v) is 33.5. The number of carbonyl (C=O) groups is 3. The Morgan fingerprint density at radius 1 is 0.580 bits per heavy atom. The topological polar surface area (TPSA) is 82.1 Å². The van der Waals surface area contributed by atoms with Crippen LogP contribution in [0.1, 0.15) is 183 Å². The van der Waals surface area contributed by atoms with Crippen LogP contribution in [0.5, 0.6) is 0 Å². The Kier molecular flexibility index (Phi) is 14.7. The number of carbonyl (C=O) groups excluding carboxylic acids is 3. The molecule has 288 valence electrons. The summed E-state index contributed by atoms with van der Waals surface area (Å²) < 4.78 is 18.0. The summed E-state index contributed by atoms with van der Waals surface area (Å²) in [7, 11) is 4.05. The van der Waals surface area contributed by atoms with Crippen LogP contribution in [0.2, 0.25) is 0 Å². The minimum absolute atomic E-state index is 0.0185. The van der Waals surface area contributed by atoms with Gasteiger partial charge in [-0.3, -0.25) is 14.4 Å². The van der Waals surface area contributed by atoms with E-state index >= 15 is 0 Å². The summed E-state index contributed by atoms with van der Waals surface area (Å²) in [6, 6.07) is 0. The first-order valence-electron chi connectivity index (χ1n) is 20.8. The summed E-state index contributed by atoms with van der Waals surface area (Å²) in [5, 5.41) is 0. The molecule has 4 fully saturated rings. The van der Waals surface area contributed by atoms with E-state index in [4.69, 9.17) is 14.2 Å². The molecule has 0 radical (unpaired) electrons. The molecule has 0 spiro atoms. The number of nitrogens with zero attached hydrogens (tertiary/aromatic N) is 1. The van der Waals surface area contributed by atoms with Gasteiger partial charge in [-0.15, -0.1) is 0 Å². The zero-order chi connectivity index (χ0) is 36.6. The van der Waals surface area contributed by atoms with Crippen molar-refractivity contribution in [2.75, 3.05) is 20.6 Å². The van der Waals surface area contributed by atoms with Crippen LogP contribution in [-0.4, -0.2) is 61.8 Å². The second-order valence-electron chi connectivity index (χ2n) is 18.8. The molecule has 0 aromatic carbocycles. The largest absolute Gasteiger partial charge is 0.462 e. The molecule has 0 aromatic heterocycles. The highest BCUT2D eigenvalue weighted by Gasteiger charge is 2.63. The Hall–Kier alpha value is -1.63. The van der Waals surface area contributed by atoms with Crippen LogP contribution >= 0.6 is 0 Å². The molecule has 0 unspecified atom stereocenters. The van der Waals surface area contributed by atoms with E-state index in [0.29, 0.717) is 31.1 Å². The summed E-state index contributed by atoms with van der Waals surface area (Å²) >= 11 is 0. The Balaban J connectivity index is 1.06. The van der Waals surface area contributed by atoms with Gasteiger partial charge in [0.25, 0.3) is 0 Å². The molecule has 0 heterocycles. The third-order valence-electron chi connectivity index (χ3n) is 15.1. The summed E-state index contributed by atoms with van der Waals surface area (Å²) in [5.74, 6) is 1.25. The molecule has 4 saturated carbocycles. The van der Waals surface area contributed by atoms with Gasteiger partial charge in [0, 0.05) is 30.1 Å². The Morgan fingerprint density at radius 2 is 0.980 bits per heavy atom. The number of hydrogen-bond donors (Lipinski definition) is 0. The SMILES string of the molecule is CN(C)CCCC(=O)OC(CCCCCCCC(=O)O[C@H]1C[C@H]2CC[C@]1(C)C2(C)C)CCCCCCCC(=O)O[C@H]1C[C@H]2CC[C@]1(C)C2(C)C. The van der Waals surface area contributed by atoms with E-state index in [9.17, 15) is 14.4 Å². The molecule has 50 heavy (non-hydrogen) atoms. The van der Waals surface area contributed by atoms with Gasteiger partial charge >= 0.3 is 17.9 Å². The van der Waals surface area contributed by atoms with Crippen molar-refractivity contribution >= 4 is 17.9 Å². The number of unbranched alkanes of at least 4 members (excludes halogenated alkanes) is 8. The molecule has 4 rings (SSSR count). The van der Waals surface area contributed by atoms with Gasteiger partial charge in [0.1, 0.15) is 18.3 Å². The Bertz CT molecular complexity index is 1040. The monoisotopic (exact) mass is 702 g/mol. The van der Waals surface area contributed by atoms with Crippen LogP contribution in [0.15, 0.2) is 0 Å². The number of ether oxygens (including phenoxy) is 3. The van der Waals surface area contributed by atoms with E-state index in [1.165, 1.54) is 25.7 Å². The minimum Gasteiger partial charge on any atom is -0.462 e. The fourth-order valence-electron chi connectivity index (χ4n) is 10.4. The predicted octanol–water partition coefficient (Wildman–Crippen LogP) is 10.2. The quantitative estimate of drug-likeness (QED) is 0.0596. The lowest BCUT2D eigenvalue weighted by atomic mass is 9.70. The summed E-state index contributed by atoms with van der Waals surface area (Å²) in [4.78, 5) is 40.0. The molecule has 0 aromatic rings. The van der Waals surface area contributed by atoms with Gasteiger partial charge in [-0.05, 0) is 127 Å². The normalized spacial score (nSPS) is 30.4. The lowest BCUT2D eigenvalue weighted by Crippen LogP contribution is -2.38. The molecule has 4 bridgehead atoms. The van der Waals surface area contributed by atoms with Crippen molar-refractivity contribution in [3.05, 3.63) is 0 Å². The van der Waals surface area contributed by atoms with Crippen molar-refractivity contribution in [3.8, 4) is 0 Å². The molecule has 7 nitrogen and oxygen atoms in total. The molecule has 0 N–H and O–H groups in total. The molecular weight excluding hydrogens is 626 g/mol. The van der Waals surface area contributed by atoms with Crippen molar-refractivity contribution in [3.63, 3.8) is 0 Å². The fraction of sp³-hybridized carbons (Fsp3) is 0.930. The van der Waals surface area contributed by atoms with E-state index in [0.717, 1.165) is 103 Å². The van der Waals surface area contributed by atoms with Crippen molar-refractivity contribution in [1.82, 2.24) is 4.90 Å². The maximum atomic E-state index is 12.7. The van der Waals surface area contributed by atoms with Crippen molar-refractivity contribution in [1.29, 1.82) is 0 Å². The van der Waals surface area contributed by atoms with E-state index < -0.39 is 0 Å². The van der Waals surface area contributed by atoms with Gasteiger partial charge in [0.15, 0.2) is 0 Å². The number of rotatable bonds is 23. The van der Waals surface area contributed by atoms with Crippen LogP contribution in [-0.2, 0) is 28.6 Å². The lowest BCUT2D eigenvalue weighted by molar-refractivity contribution is -0.157. The van der Waals surface area contributed by atoms with Gasteiger partial charge in [0.2, 0.25) is 0 Å². The second kappa shape index (κ2) is 17.9. The van der Waals surface area contributed by atoms with Gasteiger partial charge in [0.05, 0.1) is 0 Å². The summed E-state index contributed by atoms with van der Waals surface area (Å²) in [5.41, 5.74) is 0.776. The van der Waals surface area contributed by atoms with Gasteiger partial charge in [-0.25, -0.2) is 0 Å². The molecule has 0 aliphatic heterocycles. The first kappa shape index (κ1) is 41.1. The first-order chi connectivity index (χ1) is 23.6. The average molecular weight is 702 g/mol. The Morgan fingerprint density at radius 3 is 1.36 bits per heavy atom. The van der Waals surface area contributed by atoms with E-state index in [2.05, 4.69) is 46.4 Å². The third-order valence-corrected chi connectivity index (χ3v) is 15.1. The molecule has 4 aliphatic rings. The fourth-order valence-corrected chi connectivity index (χ4v) is 10.4. The maximum absolute atomic E-state index is 12.7. The second-order valence-corrected chi connectivity index (χ2v) is 18.8. The van der Waals surface area contributed by atoms with E-state index in [1.54, 1.807) is 0 Å². The number of hydrogen-bond acceptors (Lipinski definition) is 7. The number of esters is 3. The highest BCUT2D eigenvalue weighted by molar-refractivity contribution is 5.70. The zero-order valence-electron chi connectivity index (χ0n) is 33.5. The maximum Gasteiger partial charge on any atom is 0.306 e. The molecule has 6 atom stereocenters. The standard InChI is InChI=1S/C43H75NO6/c1-40(2)32-25-27-42(40,5)35(30-32)49-38(46)22-17-13-9-11-15-20-34(48-37(45)24-19-29-44(7)8)21-16-12-10-14-18-23-39(47)50-36-31-33-26-28-43(36,6)41(33,3)4/h32-36H,9-31H2,1-8H3/t32-,33-,35+,36+,42+,43+/m1/s1. The van der Waals surface area contributed by atoms with Crippen LogP contribution < -0.4 is 0 Å². The van der Waals surface area contributed by atoms with Gasteiger partial charge < -0.3 is 19.1 Å². The number of fused-ring (bicyclic) bond motifs is 4. The molecule has 4 aliphatic carbocycles. The average Bonchev–Trinajstić information content (AvgIpc) is 3.55. The molecule has 7 heteroatoms. The van der Waals surface area contributed by atoms with Crippen molar-refractivity contribution in [2.24, 2.45) is 33.5 Å². The summed E-state index contributed by atoms with van der Waals surface area (Å²) in [6.45, 7) is 15.0. The van der Waals surface area contributed by atoms with Crippen LogP contribution in [0.25, 0.3) is 0 Å². The summed E-state index contributed by atoms with van der Waals surface area (Å²) in [6.07, 6.45) is 21.5. The van der Waals surface area contributed by atoms with Crippen LogP contribution in [0, 0.1) is 33.5 Å². The minimum atomic E-state index is -0.0747. The van der Waals surface area contributed by atoms with Crippen LogP contribution in [0.3, 0.4) is 0 Å². The predicted molar refractivity (Wildman–Crippen MR) is 201 cm³/mol. The molecular formula is C43H75NO6. The lowest BCUT2D eigenvalue weighted by Gasteiger charge is -2.38. The Labute approximate surface area is 306 Å². The molecule has 0 amide bonds. The highest BCUT2D eigenvalue weighted by Crippen LogP contribution is 2.67.